The van der Waals surface area contributed by atoms with Crippen molar-refractivity contribution in [3.8, 4) is 17.1 Å². The molecule has 0 fully saturated rings. The van der Waals surface area contributed by atoms with Gasteiger partial charge in [-0.05, 0) is 36.1 Å². The van der Waals surface area contributed by atoms with E-state index in [1.165, 1.54) is 17.3 Å². The van der Waals surface area contributed by atoms with Crippen molar-refractivity contribution in [1.82, 2.24) is 24.7 Å². The average Bonchev–Trinajstić information content (AvgIpc) is 3.44. The monoisotopic (exact) mass is 471 g/mol. The Labute approximate surface area is 201 Å². The number of thioether (sulfide) groups is 1. The summed E-state index contributed by atoms with van der Waals surface area (Å²) in [6, 6.07) is 19.6. The number of aromatic nitrogens is 5. The number of fused-ring (bicyclic) bond motifs is 1. The minimum absolute atomic E-state index is 0.0816. The lowest BCUT2D eigenvalue weighted by Crippen LogP contribution is -2.21. The van der Waals surface area contributed by atoms with Crippen molar-refractivity contribution in [2.24, 2.45) is 0 Å². The molecule has 172 valence electrons. The zero-order chi connectivity index (χ0) is 23.9. The highest BCUT2D eigenvalue weighted by Crippen LogP contribution is 2.27. The standard InChI is InChI=1S/C26H25N5O2S/c1-16-14-20-22(27-16)24(32)31(19-8-6-5-7-9-19)25(28-20)34-15-21-29-23(30-33-21)17-10-12-18(13-11-17)26(2,3)4/h5-14,27H,15H2,1-4H3. The smallest absolute Gasteiger partial charge is 0.283 e. The van der Waals surface area contributed by atoms with Crippen molar-refractivity contribution >= 4 is 22.8 Å². The number of H-pyrrole nitrogens is 1. The molecule has 0 saturated heterocycles. The third-order valence-electron chi connectivity index (χ3n) is 5.57. The maximum atomic E-state index is 13.3. The van der Waals surface area contributed by atoms with E-state index in [1.54, 1.807) is 4.57 Å². The Morgan fingerprint density at radius 2 is 1.76 bits per heavy atom. The molecule has 0 saturated carbocycles. The van der Waals surface area contributed by atoms with Crippen LogP contribution in [0, 0.1) is 6.92 Å². The SMILES string of the molecule is Cc1cc2nc(SCc3nc(-c4ccc(C(C)(C)C)cc4)no3)n(-c3ccccc3)c(=O)c2[nH]1. The summed E-state index contributed by atoms with van der Waals surface area (Å²) < 4.78 is 7.12. The maximum Gasteiger partial charge on any atom is 0.283 e. The highest BCUT2D eigenvalue weighted by Gasteiger charge is 2.18. The fourth-order valence-electron chi connectivity index (χ4n) is 3.76. The van der Waals surface area contributed by atoms with Gasteiger partial charge in [-0.2, -0.15) is 4.98 Å². The van der Waals surface area contributed by atoms with Crippen molar-refractivity contribution in [1.29, 1.82) is 0 Å². The first-order valence-corrected chi connectivity index (χ1v) is 12.0. The summed E-state index contributed by atoms with van der Waals surface area (Å²) in [6.07, 6.45) is 0. The van der Waals surface area contributed by atoms with Crippen LogP contribution in [-0.2, 0) is 11.2 Å². The molecule has 3 heterocycles. The zero-order valence-electron chi connectivity index (χ0n) is 19.5. The van der Waals surface area contributed by atoms with E-state index in [-0.39, 0.29) is 11.0 Å². The Kier molecular flexibility index (Phi) is 5.61. The Hall–Kier alpha value is -3.65. The summed E-state index contributed by atoms with van der Waals surface area (Å²) in [5.74, 6) is 1.40. The number of aromatic amines is 1. The summed E-state index contributed by atoms with van der Waals surface area (Å²) in [6.45, 7) is 8.46. The lowest BCUT2D eigenvalue weighted by atomic mass is 9.87. The lowest BCUT2D eigenvalue weighted by molar-refractivity contribution is 0.391. The average molecular weight is 472 g/mol. The van der Waals surface area contributed by atoms with Crippen LogP contribution in [0.3, 0.4) is 0 Å². The van der Waals surface area contributed by atoms with E-state index in [0.29, 0.717) is 33.7 Å². The molecule has 5 rings (SSSR count). The van der Waals surface area contributed by atoms with Crippen LogP contribution in [0.25, 0.3) is 28.1 Å². The number of para-hydroxylation sites is 1. The van der Waals surface area contributed by atoms with Gasteiger partial charge < -0.3 is 9.51 Å². The number of rotatable bonds is 5. The van der Waals surface area contributed by atoms with Crippen molar-refractivity contribution in [2.45, 2.75) is 44.0 Å². The van der Waals surface area contributed by atoms with E-state index in [4.69, 9.17) is 9.51 Å². The molecule has 0 atom stereocenters. The number of hydrogen-bond acceptors (Lipinski definition) is 6. The Morgan fingerprint density at radius 1 is 1.03 bits per heavy atom. The van der Waals surface area contributed by atoms with Crippen LogP contribution >= 0.6 is 11.8 Å². The number of nitrogens with zero attached hydrogens (tertiary/aromatic N) is 4. The highest BCUT2D eigenvalue weighted by atomic mass is 32.2. The van der Waals surface area contributed by atoms with Gasteiger partial charge in [0.05, 0.1) is 17.0 Å². The quantitative estimate of drug-likeness (QED) is 0.263. The highest BCUT2D eigenvalue weighted by molar-refractivity contribution is 7.98. The first-order valence-electron chi connectivity index (χ1n) is 11.0. The van der Waals surface area contributed by atoms with Crippen molar-refractivity contribution in [2.75, 3.05) is 0 Å². The van der Waals surface area contributed by atoms with E-state index in [9.17, 15) is 4.79 Å². The predicted molar refractivity (Wildman–Crippen MR) is 134 cm³/mol. The molecule has 2 aromatic carbocycles. The summed E-state index contributed by atoms with van der Waals surface area (Å²) in [5, 5.41) is 4.72. The summed E-state index contributed by atoms with van der Waals surface area (Å²) in [5.41, 5.74) is 4.86. The van der Waals surface area contributed by atoms with Crippen LogP contribution in [0.4, 0.5) is 0 Å². The van der Waals surface area contributed by atoms with Gasteiger partial charge in [0.2, 0.25) is 11.7 Å². The number of nitrogens with one attached hydrogen (secondary N) is 1. The van der Waals surface area contributed by atoms with Crippen LogP contribution in [0.2, 0.25) is 0 Å². The molecule has 5 aromatic rings. The third-order valence-corrected chi connectivity index (χ3v) is 6.50. The largest absolute Gasteiger partial charge is 0.353 e. The van der Waals surface area contributed by atoms with E-state index in [0.717, 1.165) is 16.9 Å². The van der Waals surface area contributed by atoms with Crippen molar-refractivity contribution in [3.63, 3.8) is 0 Å². The molecule has 1 N–H and O–H groups in total. The molecule has 0 aliphatic rings. The van der Waals surface area contributed by atoms with E-state index in [2.05, 4.69) is 48.0 Å². The second-order valence-electron chi connectivity index (χ2n) is 9.21. The minimum Gasteiger partial charge on any atom is -0.353 e. The Bertz CT molecular complexity index is 1510. The number of benzene rings is 2. The van der Waals surface area contributed by atoms with E-state index >= 15 is 0 Å². The Morgan fingerprint density at radius 3 is 2.47 bits per heavy atom. The molecule has 0 spiro atoms. The molecular weight excluding hydrogens is 446 g/mol. The van der Waals surface area contributed by atoms with Gasteiger partial charge in [0.15, 0.2) is 5.16 Å². The fraction of sp³-hybridized carbons (Fsp3) is 0.231. The molecule has 34 heavy (non-hydrogen) atoms. The summed E-state index contributed by atoms with van der Waals surface area (Å²) in [4.78, 5) is 25.7. The van der Waals surface area contributed by atoms with Crippen LogP contribution in [0.15, 0.2) is 75.1 Å². The Balaban J connectivity index is 1.44. The lowest BCUT2D eigenvalue weighted by Gasteiger charge is -2.18. The predicted octanol–water partition coefficient (Wildman–Crippen LogP) is 5.66. The second-order valence-corrected chi connectivity index (χ2v) is 10.2. The molecule has 7 nitrogen and oxygen atoms in total. The van der Waals surface area contributed by atoms with Gasteiger partial charge in [-0.3, -0.25) is 9.36 Å². The molecule has 0 aliphatic heterocycles. The van der Waals surface area contributed by atoms with Crippen molar-refractivity contribution in [3.05, 3.63) is 88.2 Å². The first kappa shape index (κ1) is 22.2. The topological polar surface area (TPSA) is 89.6 Å². The molecule has 0 bridgehead atoms. The first-order chi connectivity index (χ1) is 16.3. The normalized spacial score (nSPS) is 11.9. The van der Waals surface area contributed by atoms with Gasteiger partial charge in [0.1, 0.15) is 5.52 Å². The van der Waals surface area contributed by atoms with Gasteiger partial charge in [0, 0.05) is 11.3 Å². The number of hydrogen-bond donors (Lipinski definition) is 1. The van der Waals surface area contributed by atoms with E-state index in [1.807, 2.05) is 55.5 Å². The van der Waals surface area contributed by atoms with Crippen LogP contribution in [0.5, 0.6) is 0 Å². The van der Waals surface area contributed by atoms with Crippen LogP contribution in [-0.4, -0.2) is 24.7 Å². The molecule has 0 aliphatic carbocycles. The molecule has 3 aromatic heterocycles. The maximum absolute atomic E-state index is 13.3. The summed E-state index contributed by atoms with van der Waals surface area (Å²) >= 11 is 1.39. The molecular formula is C26H25N5O2S. The molecule has 0 radical (unpaired) electrons. The molecule has 8 heteroatoms. The molecule has 0 amide bonds. The number of aryl methyl sites for hydroxylation is 1. The second kappa shape index (κ2) is 8.61. The van der Waals surface area contributed by atoms with Gasteiger partial charge in [0.25, 0.3) is 5.56 Å². The third kappa shape index (κ3) is 4.28. The fourth-order valence-corrected chi connectivity index (χ4v) is 4.61. The van der Waals surface area contributed by atoms with Gasteiger partial charge >= 0.3 is 0 Å². The van der Waals surface area contributed by atoms with Crippen LogP contribution in [0.1, 0.15) is 37.9 Å². The van der Waals surface area contributed by atoms with Gasteiger partial charge in [-0.1, -0.05) is 80.2 Å². The minimum atomic E-state index is -0.142. The van der Waals surface area contributed by atoms with Gasteiger partial charge in [-0.25, -0.2) is 4.98 Å². The van der Waals surface area contributed by atoms with E-state index < -0.39 is 0 Å². The van der Waals surface area contributed by atoms with Gasteiger partial charge in [-0.15, -0.1) is 0 Å². The molecule has 0 unspecified atom stereocenters. The van der Waals surface area contributed by atoms with Crippen LogP contribution < -0.4 is 5.56 Å². The van der Waals surface area contributed by atoms with Crippen molar-refractivity contribution < 1.29 is 4.52 Å². The zero-order valence-corrected chi connectivity index (χ0v) is 20.3. The summed E-state index contributed by atoms with van der Waals surface area (Å²) in [7, 11) is 0.